The lowest BCUT2D eigenvalue weighted by Crippen LogP contribution is -2.21. The van der Waals surface area contributed by atoms with Crippen molar-refractivity contribution < 1.29 is 9.59 Å². The second-order valence-electron chi connectivity index (χ2n) is 3.87. The Balaban J connectivity index is 2.38. The number of amides is 3. The molecule has 5 N–H and O–H groups in total. The maximum Gasteiger partial charge on any atom is 0.317 e. The van der Waals surface area contributed by atoms with E-state index in [4.69, 9.17) is 11.5 Å². The summed E-state index contributed by atoms with van der Waals surface area (Å²) in [5.41, 5.74) is 11.8. The second-order valence-corrected chi connectivity index (χ2v) is 4.92. The van der Waals surface area contributed by atoms with Crippen LogP contribution in [0.1, 0.15) is 28.1 Å². The normalized spacial score (nSPS) is 14.1. The molecule has 18 heavy (non-hydrogen) atoms. The van der Waals surface area contributed by atoms with E-state index in [1.165, 1.54) is 11.3 Å². The van der Waals surface area contributed by atoms with Crippen LogP contribution in [0.3, 0.4) is 0 Å². The average Bonchev–Trinajstić information content (AvgIpc) is 2.73. The molecule has 0 saturated heterocycles. The molecule has 1 aliphatic carbocycles. The van der Waals surface area contributed by atoms with Crippen molar-refractivity contribution in [3.63, 3.8) is 0 Å². The predicted octanol–water partition coefficient (Wildman–Crippen LogP) is 2.07. The standard InChI is InChI=1S/C12H13N3O2S/c13-10(16)8-6-9(7-4-2-1-3-5-7)18-11(8)15-12(14)17/h1-2,4,6H,3,5H2,(H2,13,16)(H3,14,15,17). The molecule has 5 nitrogen and oxygen atoms in total. The minimum Gasteiger partial charge on any atom is -0.366 e. The van der Waals surface area contributed by atoms with Gasteiger partial charge in [-0.25, -0.2) is 4.79 Å². The number of carbonyl (C=O) groups is 2. The number of hydrogen-bond donors (Lipinski definition) is 3. The first-order valence-corrected chi connectivity index (χ1v) is 6.25. The van der Waals surface area contributed by atoms with Crippen LogP contribution in [-0.4, -0.2) is 11.9 Å². The van der Waals surface area contributed by atoms with Gasteiger partial charge in [-0.1, -0.05) is 18.2 Å². The van der Waals surface area contributed by atoms with Gasteiger partial charge in [0.25, 0.3) is 5.91 Å². The van der Waals surface area contributed by atoms with Crippen molar-refractivity contribution in [2.45, 2.75) is 12.8 Å². The fourth-order valence-corrected chi connectivity index (χ4v) is 2.86. The van der Waals surface area contributed by atoms with Gasteiger partial charge in [0, 0.05) is 4.88 Å². The number of hydrogen-bond acceptors (Lipinski definition) is 3. The van der Waals surface area contributed by atoms with E-state index < -0.39 is 11.9 Å². The third-order valence-electron chi connectivity index (χ3n) is 2.56. The monoisotopic (exact) mass is 263 g/mol. The number of anilines is 1. The third kappa shape index (κ3) is 2.60. The van der Waals surface area contributed by atoms with E-state index >= 15 is 0 Å². The summed E-state index contributed by atoms with van der Waals surface area (Å²) in [7, 11) is 0. The number of nitrogens with one attached hydrogen (secondary N) is 1. The second kappa shape index (κ2) is 5.05. The quantitative estimate of drug-likeness (QED) is 0.778. The molecule has 3 amide bonds. The van der Waals surface area contributed by atoms with Gasteiger partial charge in [-0.05, 0) is 24.5 Å². The lowest BCUT2D eigenvalue weighted by molar-refractivity contribution is 0.100. The molecule has 0 unspecified atom stereocenters. The predicted molar refractivity (Wildman–Crippen MR) is 72.4 cm³/mol. The van der Waals surface area contributed by atoms with E-state index in [9.17, 15) is 9.59 Å². The summed E-state index contributed by atoms with van der Waals surface area (Å²) in [6.45, 7) is 0. The molecule has 0 aromatic carbocycles. The first-order valence-electron chi connectivity index (χ1n) is 5.44. The van der Waals surface area contributed by atoms with Crippen LogP contribution < -0.4 is 16.8 Å². The van der Waals surface area contributed by atoms with E-state index in [2.05, 4.69) is 11.4 Å². The highest BCUT2D eigenvalue weighted by molar-refractivity contribution is 7.17. The lowest BCUT2D eigenvalue weighted by atomic mass is 10.0. The van der Waals surface area contributed by atoms with Gasteiger partial charge in [0.2, 0.25) is 0 Å². The van der Waals surface area contributed by atoms with E-state index in [-0.39, 0.29) is 0 Å². The van der Waals surface area contributed by atoms with Crippen molar-refractivity contribution in [3.05, 3.63) is 34.7 Å². The van der Waals surface area contributed by atoms with Crippen LogP contribution in [0.2, 0.25) is 0 Å². The average molecular weight is 263 g/mol. The zero-order chi connectivity index (χ0) is 13.1. The Labute approximate surface area is 108 Å². The van der Waals surface area contributed by atoms with Crippen molar-refractivity contribution in [3.8, 4) is 0 Å². The summed E-state index contributed by atoms with van der Waals surface area (Å²) in [6.07, 6.45) is 7.92. The van der Waals surface area contributed by atoms with Crippen molar-refractivity contribution in [2.75, 3.05) is 5.32 Å². The molecule has 6 heteroatoms. The number of thiophene rings is 1. The van der Waals surface area contributed by atoms with Gasteiger partial charge in [-0.3, -0.25) is 10.1 Å². The van der Waals surface area contributed by atoms with Gasteiger partial charge in [0.1, 0.15) is 5.00 Å². The highest BCUT2D eigenvalue weighted by Gasteiger charge is 2.17. The van der Waals surface area contributed by atoms with Gasteiger partial charge in [-0.2, -0.15) is 0 Å². The third-order valence-corrected chi connectivity index (χ3v) is 3.69. The van der Waals surface area contributed by atoms with E-state index in [0.29, 0.717) is 10.6 Å². The number of urea groups is 1. The molecule has 0 aliphatic heterocycles. The maximum absolute atomic E-state index is 11.3. The Morgan fingerprint density at radius 2 is 2.11 bits per heavy atom. The van der Waals surface area contributed by atoms with Gasteiger partial charge in [0.05, 0.1) is 5.56 Å². The largest absolute Gasteiger partial charge is 0.366 e. The number of primary amides is 2. The van der Waals surface area contributed by atoms with Crippen LogP contribution in [0.4, 0.5) is 9.80 Å². The van der Waals surface area contributed by atoms with Crippen LogP contribution in [0.5, 0.6) is 0 Å². The van der Waals surface area contributed by atoms with E-state index in [1.807, 2.05) is 12.2 Å². The summed E-state index contributed by atoms with van der Waals surface area (Å²) in [4.78, 5) is 23.1. The van der Waals surface area contributed by atoms with Gasteiger partial charge >= 0.3 is 6.03 Å². The van der Waals surface area contributed by atoms with E-state index in [0.717, 1.165) is 23.3 Å². The molecular weight excluding hydrogens is 250 g/mol. The summed E-state index contributed by atoms with van der Waals surface area (Å²) in [5, 5.41) is 2.83. The molecule has 1 heterocycles. The molecular formula is C12H13N3O2S. The molecule has 0 saturated carbocycles. The maximum atomic E-state index is 11.3. The number of allylic oxidation sites excluding steroid dienone is 4. The first kappa shape index (κ1) is 12.4. The fourth-order valence-electron chi connectivity index (χ4n) is 1.74. The fraction of sp³-hybridized carbons (Fsp3) is 0.167. The zero-order valence-electron chi connectivity index (χ0n) is 9.60. The van der Waals surface area contributed by atoms with E-state index in [1.54, 1.807) is 6.07 Å². The van der Waals surface area contributed by atoms with Crippen molar-refractivity contribution in [1.29, 1.82) is 0 Å². The molecule has 1 aliphatic rings. The molecule has 94 valence electrons. The van der Waals surface area contributed by atoms with Crippen LogP contribution in [0.25, 0.3) is 5.57 Å². The SMILES string of the molecule is NC(=O)Nc1sc(C2=CC=CCC2)cc1C(N)=O. The minimum absolute atomic E-state index is 0.296. The highest BCUT2D eigenvalue weighted by Crippen LogP contribution is 2.35. The Hall–Kier alpha value is -2.08. The Bertz CT molecular complexity index is 558. The summed E-state index contributed by atoms with van der Waals surface area (Å²) < 4.78 is 0. The molecule has 0 radical (unpaired) electrons. The Kier molecular flexibility index (Phi) is 3.47. The summed E-state index contributed by atoms with van der Waals surface area (Å²) in [5.74, 6) is -0.576. The lowest BCUT2D eigenvalue weighted by Gasteiger charge is -2.05. The van der Waals surface area contributed by atoms with Crippen molar-refractivity contribution in [2.24, 2.45) is 11.5 Å². The zero-order valence-corrected chi connectivity index (χ0v) is 10.4. The first-order chi connectivity index (χ1) is 8.58. The molecule has 0 atom stereocenters. The minimum atomic E-state index is -0.705. The molecule has 1 aromatic heterocycles. The van der Waals surface area contributed by atoms with Crippen LogP contribution >= 0.6 is 11.3 Å². The number of carbonyl (C=O) groups excluding carboxylic acids is 2. The molecule has 0 fully saturated rings. The van der Waals surface area contributed by atoms with Crippen LogP contribution in [0, 0.1) is 0 Å². The van der Waals surface area contributed by atoms with Crippen molar-refractivity contribution in [1.82, 2.24) is 0 Å². The summed E-state index contributed by atoms with van der Waals surface area (Å²) in [6, 6.07) is 0.993. The molecule has 0 spiro atoms. The summed E-state index contributed by atoms with van der Waals surface area (Å²) >= 11 is 1.31. The van der Waals surface area contributed by atoms with Crippen LogP contribution in [-0.2, 0) is 0 Å². The Morgan fingerprint density at radius 1 is 1.33 bits per heavy atom. The highest BCUT2D eigenvalue weighted by atomic mass is 32.1. The Morgan fingerprint density at radius 3 is 2.67 bits per heavy atom. The van der Waals surface area contributed by atoms with Crippen LogP contribution in [0.15, 0.2) is 24.3 Å². The number of nitrogens with two attached hydrogens (primary N) is 2. The topological polar surface area (TPSA) is 98.2 Å². The van der Waals surface area contributed by atoms with Gasteiger partial charge in [-0.15, -0.1) is 11.3 Å². The van der Waals surface area contributed by atoms with Crippen molar-refractivity contribution >= 4 is 33.8 Å². The molecule has 2 rings (SSSR count). The van der Waals surface area contributed by atoms with Gasteiger partial charge in [0.15, 0.2) is 0 Å². The molecule has 1 aromatic rings. The molecule has 0 bridgehead atoms. The smallest absolute Gasteiger partial charge is 0.317 e. The van der Waals surface area contributed by atoms with Gasteiger partial charge < -0.3 is 11.5 Å². The number of rotatable bonds is 3.